The molecule has 9 heteroatoms. The number of rotatable bonds is 5. The van der Waals surface area contributed by atoms with E-state index in [2.05, 4.69) is 31.0 Å². The summed E-state index contributed by atoms with van der Waals surface area (Å²) >= 11 is 0. The molecule has 0 bridgehead atoms. The van der Waals surface area contributed by atoms with Gasteiger partial charge in [-0.05, 0) is 31.1 Å². The van der Waals surface area contributed by atoms with Crippen LogP contribution in [0.2, 0.25) is 0 Å². The summed E-state index contributed by atoms with van der Waals surface area (Å²) in [4.78, 5) is 32.5. The number of carbonyl (C=O) groups is 2. The van der Waals surface area contributed by atoms with Crippen LogP contribution in [0, 0.1) is 0 Å². The molecule has 3 N–H and O–H groups in total. The summed E-state index contributed by atoms with van der Waals surface area (Å²) in [6.07, 6.45) is 5.51. The SMILES string of the molecule is O=C1CC(=Cc2cnn3c(Nc4ccccc4)nc(NC4CC4)nc23)C(=O)N1. The van der Waals surface area contributed by atoms with Gasteiger partial charge < -0.3 is 10.6 Å². The Hall–Kier alpha value is -3.75. The number of carbonyl (C=O) groups excluding carboxylic acids is 2. The van der Waals surface area contributed by atoms with E-state index in [1.54, 1.807) is 16.8 Å². The van der Waals surface area contributed by atoms with Crippen molar-refractivity contribution in [3.05, 3.63) is 47.7 Å². The number of anilines is 3. The Morgan fingerprint density at radius 1 is 1.14 bits per heavy atom. The lowest BCUT2D eigenvalue weighted by atomic mass is 10.1. The maximum atomic E-state index is 11.9. The summed E-state index contributed by atoms with van der Waals surface area (Å²) in [5.74, 6) is 0.332. The van der Waals surface area contributed by atoms with Gasteiger partial charge in [-0.25, -0.2) is 0 Å². The predicted octanol–water partition coefficient (Wildman–Crippen LogP) is 1.87. The van der Waals surface area contributed by atoms with Crippen molar-refractivity contribution in [2.75, 3.05) is 10.6 Å². The molecular formula is C19H17N7O2. The lowest BCUT2D eigenvalue weighted by Gasteiger charge is -2.10. The van der Waals surface area contributed by atoms with Crippen molar-refractivity contribution < 1.29 is 9.59 Å². The Kier molecular flexibility index (Phi) is 3.78. The van der Waals surface area contributed by atoms with Crippen LogP contribution in [0.25, 0.3) is 11.7 Å². The number of hydrogen-bond acceptors (Lipinski definition) is 7. The molecule has 28 heavy (non-hydrogen) atoms. The molecule has 2 amide bonds. The van der Waals surface area contributed by atoms with E-state index in [9.17, 15) is 9.59 Å². The Labute approximate surface area is 159 Å². The molecule has 1 saturated carbocycles. The number of nitrogens with zero attached hydrogens (tertiary/aromatic N) is 4. The normalized spacial score (nSPS) is 17.9. The highest BCUT2D eigenvalue weighted by molar-refractivity contribution is 6.15. The fourth-order valence-electron chi connectivity index (χ4n) is 3.01. The van der Waals surface area contributed by atoms with Gasteiger partial charge in [-0.15, -0.1) is 0 Å². The van der Waals surface area contributed by atoms with E-state index in [1.807, 2.05) is 30.3 Å². The molecule has 2 aliphatic rings. The quantitative estimate of drug-likeness (QED) is 0.461. The molecule has 0 atom stereocenters. The molecular weight excluding hydrogens is 358 g/mol. The Balaban J connectivity index is 1.59. The van der Waals surface area contributed by atoms with Crippen molar-refractivity contribution in [3.63, 3.8) is 0 Å². The van der Waals surface area contributed by atoms with Gasteiger partial charge in [0.1, 0.15) is 0 Å². The second kappa shape index (κ2) is 6.45. The topological polar surface area (TPSA) is 113 Å². The predicted molar refractivity (Wildman–Crippen MR) is 103 cm³/mol. The van der Waals surface area contributed by atoms with Crippen molar-refractivity contribution >= 4 is 41.1 Å². The van der Waals surface area contributed by atoms with E-state index in [-0.39, 0.29) is 18.2 Å². The van der Waals surface area contributed by atoms with Gasteiger partial charge in [0.15, 0.2) is 5.65 Å². The van der Waals surface area contributed by atoms with Crippen molar-refractivity contribution in [1.82, 2.24) is 24.9 Å². The van der Waals surface area contributed by atoms with E-state index >= 15 is 0 Å². The maximum Gasteiger partial charge on any atom is 0.254 e. The molecule has 0 spiro atoms. The molecule has 2 aromatic heterocycles. The fourth-order valence-corrected chi connectivity index (χ4v) is 3.01. The van der Waals surface area contributed by atoms with Crippen molar-refractivity contribution in [1.29, 1.82) is 0 Å². The lowest BCUT2D eigenvalue weighted by Crippen LogP contribution is -2.19. The summed E-state index contributed by atoms with van der Waals surface area (Å²) in [5, 5.41) is 13.2. The first-order valence-electron chi connectivity index (χ1n) is 9.05. The number of amides is 2. The molecule has 140 valence electrons. The second-order valence-corrected chi connectivity index (χ2v) is 6.84. The molecule has 1 aromatic carbocycles. The first-order valence-corrected chi connectivity index (χ1v) is 9.05. The minimum atomic E-state index is -0.377. The minimum absolute atomic E-state index is 0.0591. The largest absolute Gasteiger partial charge is 0.351 e. The van der Waals surface area contributed by atoms with Crippen molar-refractivity contribution in [3.8, 4) is 0 Å². The number of hydrogen-bond donors (Lipinski definition) is 3. The van der Waals surface area contributed by atoms with Gasteiger partial charge in [0, 0.05) is 22.9 Å². The Morgan fingerprint density at radius 3 is 2.68 bits per heavy atom. The first-order chi connectivity index (χ1) is 13.7. The maximum absolute atomic E-state index is 11.9. The third-order valence-corrected chi connectivity index (χ3v) is 4.56. The van der Waals surface area contributed by atoms with E-state index in [0.29, 0.717) is 34.7 Å². The molecule has 1 aliphatic heterocycles. The average molecular weight is 375 g/mol. The van der Waals surface area contributed by atoms with Gasteiger partial charge in [0.25, 0.3) is 5.91 Å². The van der Waals surface area contributed by atoms with Crippen LogP contribution in [0.1, 0.15) is 24.8 Å². The number of imide groups is 1. The van der Waals surface area contributed by atoms with Crippen LogP contribution in [0.15, 0.2) is 42.1 Å². The molecule has 0 radical (unpaired) electrons. The second-order valence-electron chi connectivity index (χ2n) is 6.84. The number of aromatic nitrogens is 4. The average Bonchev–Trinajstić information content (AvgIpc) is 3.31. The third kappa shape index (κ3) is 3.18. The van der Waals surface area contributed by atoms with E-state index in [0.717, 1.165) is 18.5 Å². The molecule has 9 nitrogen and oxygen atoms in total. The van der Waals surface area contributed by atoms with Crippen LogP contribution < -0.4 is 16.0 Å². The molecule has 3 heterocycles. The zero-order chi connectivity index (χ0) is 19.1. The summed E-state index contributed by atoms with van der Waals surface area (Å²) in [7, 11) is 0. The number of benzene rings is 1. The van der Waals surface area contributed by atoms with Gasteiger partial charge >= 0.3 is 0 Å². The zero-order valence-corrected chi connectivity index (χ0v) is 14.8. The van der Waals surface area contributed by atoms with E-state index in [1.165, 1.54) is 0 Å². The lowest BCUT2D eigenvalue weighted by molar-refractivity contribution is -0.124. The molecule has 1 aliphatic carbocycles. The molecule has 2 fully saturated rings. The van der Waals surface area contributed by atoms with Crippen molar-refractivity contribution in [2.45, 2.75) is 25.3 Å². The third-order valence-electron chi connectivity index (χ3n) is 4.56. The van der Waals surface area contributed by atoms with Gasteiger partial charge in [-0.3, -0.25) is 14.9 Å². The smallest absolute Gasteiger partial charge is 0.254 e. The summed E-state index contributed by atoms with van der Waals surface area (Å²) in [6, 6.07) is 10.0. The molecule has 0 unspecified atom stereocenters. The highest BCUT2D eigenvalue weighted by Gasteiger charge is 2.25. The molecule has 1 saturated heterocycles. The number of para-hydroxylation sites is 1. The zero-order valence-electron chi connectivity index (χ0n) is 14.8. The molecule has 5 rings (SSSR count). The van der Waals surface area contributed by atoms with Gasteiger partial charge in [0.2, 0.25) is 17.8 Å². The Bertz CT molecular complexity index is 1120. The van der Waals surface area contributed by atoms with Gasteiger partial charge in [-0.2, -0.15) is 19.6 Å². The van der Waals surface area contributed by atoms with Gasteiger partial charge in [0.05, 0.1) is 12.6 Å². The number of nitrogens with one attached hydrogen (secondary N) is 3. The van der Waals surface area contributed by atoms with Crippen LogP contribution in [-0.4, -0.2) is 37.4 Å². The van der Waals surface area contributed by atoms with Crippen LogP contribution in [-0.2, 0) is 9.59 Å². The van der Waals surface area contributed by atoms with Crippen LogP contribution in [0.3, 0.4) is 0 Å². The van der Waals surface area contributed by atoms with Crippen LogP contribution in [0.4, 0.5) is 17.6 Å². The van der Waals surface area contributed by atoms with Crippen molar-refractivity contribution in [2.24, 2.45) is 0 Å². The standard InChI is InChI=1S/C19H17N7O2/c27-15-9-11(17(28)23-15)8-12-10-20-26-16(12)24-18(21-14-6-7-14)25-19(26)22-13-4-2-1-3-5-13/h1-5,8,10,14H,6-7,9H2,(H,23,27,28)(H2,21,22,24,25). The van der Waals surface area contributed by atoms with E-state index < -0.39 is 0 Å². The minimum Gasteiger partial charge on any atom is -0.351 e. The monoisotopic (exact) mass is 375 g/mol. The summed E-state index contributed by atoms with van der Waals surface area (Å²) in [6.45, 7) is 0. The first kappa shape index (κ1) is 16.4. The fraction of sp³-hybridized carbons (Fsp3) is 0.211. The highest BCUT2D eigenvalue weighted by Crippen LogP contribution is 2.26. The van der Waals surface area contributed by atoms with Gasteiger partial charge in [-0.1, -0.05) is 18.2 Å². The number of fused-ring (bicyclic) bond motifs is 1. The van der Waals surface area contributed by atoms with Crippen LogP contribution in [0.5, 0.6) is 0 Å². The van der Waals surface area contributed by atoms with Crippen LogP contribution >= 0.6 is 0 Å². The Morgan fingerprint density at radius 2 is 1.96 bits per heavy atom. The highest BCUT2D eigenvalue weighted by atomic mass is 16.2. The summed E-state index contributed by atoms with van der Waals surface area (Å²) < 4.78 is 1.59. The molecule has 3 aromatic rings. The van der Waals surface area contributed by atoms with E-state index in [4.69, 9.17) is 0 Å². The summed E-state index contributed by atoms with van der Waals surface area (Å²) in [5.41, 5.74) is 2.47.